The largest absolute Gasteiger partial charge is 0.493 e. The minimum atomic E-state index is -0.317. The van der Waals surface area contributed by atoms with Gasteiger partial charge in [0.15, 0.2) is 11.5 Å². The van der Waals surface area contributed by atoms with Crippen LogP contribution in [0, 0.1) is 0 Å². The maximum absolute atomic E-state index is 12.7. The average molecular weight is 389 g/mol. The number of hydrogen-bond donors (Lipinski definition) is 1. The Bertz CT molecular complexity index is 892. The van der Waals surface area contributed by atoms with E-state index in [1.807, 2.05) is 19.0 Å². The third kappa shape index (κ3) is 3.95. The van der Waals surface area contributed by atoms with Crippen LogP contribution in [0.25, 0.3) is 6.08 Å². The Labute approximate surface area is 163 Å². The van der Waals surface area contributed by atoms with E-state index in [1.165, 1.54) is 0 Å². The number of allylic oxidation sites excluding steroid dienone is 1. The highest BCUT2D eigenvalue weighted by Gasteiger charge is 2.19. The smallest absolute Gasteiger partial charge is 0.204 e. The fourth-order valence-corrected chi connectivity index (χ4v) is 3.06. The molecule has 0 aromatic heterocycles. The number of ether oxygens (including phenoxy) is 3. The number of ketones is 1. The normalized spacial score (nSPS) is 13.3. The Kier molecular flexibility index (Phi) is 5.46. The van der Waals surface area contributed by atoms with E-state index in [4.69, 9.17) is 31.5 Å². The standard InChI is InChI=1S/C20H21ClN2O4/c1-23(2)16-5-4-13(11-15(16)22)19(24)14(21)8-12-9-17(25-3)20-18(10-12)26-6-7-27-20/h4-5,8-11H,6-7,22H2,1-3H3/b14-8+. The van der Waals surface area contributed by atoms with Crippen molar-refractivity contribution in [2.24, 2.45) is 0 Å². The van der Waals surface area contributed by atoms with Gasteiger partial charge < -0.3 is 24.8 Å². The fourth-order valence-electron chi connectivity index (χ4n) is 2.83. The lowest BCUT2D eigenvalue weighted by atomic mass is 10.1. The Morgan fingerprint density at radius 1 is 1.22 bits per heavy atom. The van der Waals surface area contributed by atoms with Crippen LogP contribution in [0.2, 0.25) is 0 Å². The first kappa shape index (κ1) is 18.9. The van der Waals surface area contributed by atoms with E-state index in [9.17, 15) is 4.79 Å². The van der Waals surface area contributed by atoms with Crippen LogP contribution in [0.3, 0.4) is 0 Å². The molecule has 0 saturated heterocycles. The average Bonchev–Trinajstić information content (AvgIpc) is 2.66. The van der Waals surface area contributed by atoms with Gasteiger partial charge in [-0.1, -0.05) is 11.6 Å². The summed E-state index contributed by atoms with van der Waals surface area (Å²) in [5.41, 5.74) is 8.46. The molecule has 0 bridgehead atoms. The fraction of sp³-hybridized carbons (Fsp3) is 0.250. The molecule has 0 aliphatic carbocycles. The summed E-state index contributed by atoms with van der Waals surface area (Å²) in [6.45, 7) is 0.912. The minimum Gasteiger partial charge on any atom is -0.493 e. The van der Waals surface area contributed by atoms with E-state index in [0.717, 1.165) is 5.69 Å². The van der Waals surface area contributed by atoms with Crippen molar-refractivity contribution in [1.82, 2.24) is 0 Å². The van der Waals surface area contributed by atoms with Gasteiger partial charge in [-0.3, -0.25) is 4.79 Å². The van der Waals surface area contributed by atoms with Crippen molar-refractivity contribution in [1.29, 1.82) is 0 Å². The van der Waals surface area contributed by atoms with Crippen molar-refractivity contribution in [3.05, 3.63) is 46.5 Å². The second-order valence-corrected chi connectivity index (χ2v) is 6.64. The first-order chi connectivity index (χ1) is 12.9. The molecule has 0 amide bonds. The van der Waals surface area contributed by atoms with E-state index in [1.54, 1.807) is 43.5 Å². The first-order valence-corrected chi connectivity index (χ1v) is 8.75. The second kappa shape index (κ2) is 7.80. The number of nitrogens with two attached hydrogens (primary N) is 1. The van der Waals surface area contributed by atoms with E-state index < -0.39 is 0 Å². The summed E-state index contributed by atoms with van der Waals surface area (Å²) in [5.74, 6) is 1.32. The Balaban J connectivity index is 1.91. The molecule has 0 fully saturated rings. The van der Waals surface area contributed by atoms with E-state index in [-0.39, 0.29) is 10.8 Å². The molecule has 0 spiro atoms. The molecule has 0 unspecified atom stereocenters. The zero-order valence-electron chi connectivity index (χ0n) is 15.4. The lowest BCUT2D eigenvalue weighted by molar-refractivity contribution is 0.104. The number of fused-ring (bicyclic) bond motifs is 1. The predicted molar refractivity (Wildman–Crippen MR) is 107 cm³/mol. The molecule has 0 saturated carbocycles. The second-order valence-electron chi connectivity index (χ2n) is 6.24. The molecule has 0 radical (unpaired) electrons. The van der Waals surface area contributed by atoms with Crippen LogP contribution in [-0.4, -0.2) is 40.2 Å². The van der Waals surface area contributed by atoms with Crippen molar-refractivity contribution in [2.45, 2.75) is 0 Å². The number of carbonyl (C=O) groups excluding carboxylic acids is 1. The van der Waals surface area contributed by atoms with Gasteiger partial charge in [-0.05, 0) is 42.0 Å². The molecule has 2 N–H and O–H groups in total. The molecule has 1 heterocycles. The third-order valence-corrected chi connectivity index (χ3v) is 4.41. The van der Waals surface area contributed by atoms with Crippen LogP contribution in [0.15, 0.2) is 35.4 Å². The minimum absolute atomic E-state index is 0.0609. The number of benzene rings is 2. The van der Waals surface area contributed by atoms with Crippen LogP contribution in [0.5, 0.6) is 17.2 Å². The number of anilines is 2. The molecule has 2 aromatic carbocycles. The zero-order chi connectivity index (χ0) is 19.6. The lowest BCUT2D eigenvalue weighted by Crippen LogP contribution is -2.16. The van der Waals surface area contributed by atoms with Gasteiger partial charge in [0.2, 0.25) is 11.5 Å². The van der Waals surface area contributed by atoms with Crippen molar-refractivity contribution in [2.75, 3.05) is 45.1 Å². The Morgan fingerprint density at radius 3 is 2.63 bits per heavy atom. The van der Waals surface area contributed by atoms with Crippen LogP contribution in [0.1, 0.15) is 15.9 Å². The maximum atomic E-state index is 12.7. The molecule has 7 heteroatoms. The van der Waals surface area contributed by atoms with Gasteiger partial charge in [0.25, 0.3) is 0 Å². The summed E-state index contributed by atoms with van der Waals surface area (Å²) in [7, 11) is 5.31. The highest BCUT2D eigenvalue weighted by Crippen LogP contribution is 2.41. The summed E-state index contributed by atoms with van der Waals surface area (Å²) in [6.07, 6.45) is 1.57. The highest BCUT2D eigenvalue weighted by atomic mass is 35.5. The highest BCUT2D eigenvalue weighted by molar-refractivity contribution is 6.47. The van der Waals surface area contributed by atoms with Gasteiger partial charge in [-0.25, -0.2) is 0 Å². The lowest BCUT2D eigenvalue weighted by Gasteiger charge is -2.21. The van der Waals surface area contributed by atoms with Gasteiger partial charge in [0.1, 0.15) is 13.2 Å². The molecule has 1 aliphatic rings. The molecule has 142 valence electrons. The van der Waals surface area contributed by atoms with Crippen molar-refractivity contribution < 1.29 is 19.0 Å². The van der Waals surface area contributed by atoms with Crippen LogP contribution < -0.4 is 24.8 Å². The summed E-state index contributed by atoms with van der Waals surface area (Å²) in [6, 6.07) is 8.62. The molecule has 3 rings (SSSR count). The van der Waals surface area contributed by atoms with Gasteiger partial charge in [-0.15, -0.1) is 0 Å². The summed E-state index contributed by atoms with van der Waals surface area (Å²) < 4.78 is 16.5. The van der Waals surface area contributed by atoms with Crippen molar-refractivity contribution >= 4 is 34.8 Å². The topological polar surface area (TPSA) is 74.0 Å². The monoisotopic (exact) mass is 388 g/mol. The van der Waals surface area contributed by atoms with E-state index in [0.29, 0.717) is 47.3 Å². The molecule has 1 aliphatic heterocycles. The Morgan fingerprint density at radius 2 is 1.96 bits per heavy atom. The summed E-state index contributed by atoms with van der Waals surface area (Å²) >= 11 is 6.28. The molecule has 2 aromatic rings. The number of rotatable bonds is 5. The van der Waals surface area contributed by atoms with Crippen LogP contribution in [0.4, 0.5) is 11.4 Å². The molecule has 6 nitrogen and oxygen atoms in total. The van der Waals surface area contributed by atoms with Gasteiger partial charge in [-0.2, -0.15) is 0 Å². The molecular formula is C20H21ClN2O4. The number of nitrogen functional groups attached to an aromatic ring is 1. The molecule has 27 heavy (non-hydrogen) atoms. The van der Waals surface area contributed by atoms with Crippen molar-refractivity contribution in [3.63, 3.8) is 0 Å². The van der Waals surface area contributed by atoms with E-state index >= 15 is 0 Å². The predicted octanol–water partition coefficient (Wildman–Crippen LogP) is 3.58. The maximum Gasteiger partial charge on any atom is 0.204 e. The van der Waals surface area contributed by atoms with Gasteiger partial charge >= 0.3 is 0 Å². The SMILES string of the molecule is COc1cc(/C=C(/Cl)C(=O)c2ccc(N(C)C)c(N)c2)cc2c1OCCO2. The Hall–Kier alpha value is -2.86. The van der Waals surface area contributed by atoms with Gasteiger partial charge in [0.05, 0.1) is 23.5 Å². The number of nitrogens with zero attached hydrogens (tertiary/aromatic N) is 1. The number of methoxy groups -OCH3 is 1. The van der Waals surface area contributed by atoms with Gasteiger partial charge in [0, 0.05) is 19.7 Å². The van der Waals surface area contributed by atoms with Crippen molar-refractivity contribution in [3.8, 4) is 17.2 Å². The summed E-state index contributed by atoms with van der Waals surface area (Å²) in [4.78, 5) is 14.5. The van der Waals surface area contributed by atoms with E-state index in [2.05, 4.69) is 0 Å². The quantitative estimate of drug-likeness (QED) is 0.479. The first-order valence-electron chi connectivity index (χ1n) is 8.37. The third-order valence-electron chi connectivity index (χ3n) is 4.13. The number of Topliss-reactive ketones (excluding diaryl/α,β-unsaturated/α-hetero) is 1. The molecular weight excluding hydrogens is 368 g/mol. The summed E-state index contributed by atoms with van der Waals surface area (Å²) in [5, 5.41) is 0.0609. The molecule has 0 atom stereocenters. The van der Waals surface area contributed by atoms with Crippen LogP contribution >= 0.6 is 11.6 Å². The zero-order valence-corrected chi connectivity index (χ0v) is 16.2. The number of carbonyl (C=O) groups is 1. The van der Waals surface area contributed by atoms with Crippen LogP contribution in [-0.2, 0) is 0 Å². The number of hydrogen-bond acceptors (Lipinski definition) is 6. The number of halogens is 1.